The zero-order valence-corrected chi connectivity index (χ0v) is 15.8. The van der Waals surface area contributed by atoms with E-state index in [1.54, 1.807) is 30.3 Å². The summed E-state index contributed by atoms with van der Waals surface area (Å²) < 4.78 is 83.7. The second-order valence-corrected chi connectivity index (χ2v) is 6.78. The van der Waals surface area contributed by atoms with Crippen LogP contribution in [0.15, 0.2) is 72.8 Å². The average molecular weight is 435 g/mol. The van der Waals surface area contributed by atoms with Gasteiger partial charge >= 0.3 is 12.5 Å². The van der Waals surface area contributed by atoms with E-state index < -0.39 is 35.5 Å². The van der Waals surface area contributed by atoms with Crippen molar-refractivity contribution in [3.8, 4) is 5.75 Å². The third-order valence-electron chi connectivity index (χ3n) is 4.67. The first-order valence-electron chi connectivity index (χ1n) is 9.01. The number of benzene rings is 3. The summed E-state index contributed by atoms with van der Waals surface area (Å²) in [4.78, 5) is 3.67. The zero-order chi connectivity index (χ0) is 22.6. The van der Waals surface area contributed by atoms with E-state index in [1.165, 1.54) is 12.1 Å². The van der Waals surface area contributed by atoms with Crippen molar-refractivity contribution < 1.29 is 31.1 Å². The first-order chi connectivity index (χ1) is 14.7. The van der Waals surface area contributed by atoms with Crippen molar-refractivity contribution in [2.75, 3.05) is 0 Å². The SMILES string of the molecule is [C-]#[N+]C(Cc1ccccc1)(c1ccc(F)cc1)c1cc(F)cc(OC(F)(F)C(F)F)c1. The first kappa shape index (κ1) is 22.2. The fourth-order valence-corrected chi connectivity index (χ4v) is 3.22. The molecule has 0 heterocycles. The van der Waals surface area contributed by atoms with Gasteiger partial charge in [-0.2, -0.15) is 17.6 Å². The van der Waals surface area contributed by atoms with Crippen LogP contribution in [0.5, 0.6) is 5.75 Å². The standard InChI is InChI=1S/C23H15F6NO/c1-30-22(14-15-5-3-2-4-6-15,16-7-9-18(24)10-8-16)17-11-19(25)13-20(12-17)31-23(28,29)21(26)27/h2-13,21H,14H2. The Balaban J connectivity index is 2.17. The molecule has 0 aliphatic carbocycles. The number of halogens is 6. The minimum atomic E-state index is -4.85. The molecule has 0 aromatic heterocycles. The maximum Gasteiger partial charge on any atom is 0.461 e. The monoisotopic (exact) mass is 435 g/mol. The van der Waals surface area contributed by atoms with Gasteiger partial charge in [-0.15, -0.1) is 0 Å². The van der Waals surface area contributed by atoms with Crippen molar-refractivity contribution in [1.82, 2.24) is 0 Å². The van der Waals surface area contributed by atoms with Gasteiger partial charge in [-0.1, -0.05) is 30.3 Å². The van der Waals surface area contributed by atoms with Crippen LogP contribution in [-0.4, -0.2) is 12.5 Å². The van der Waals surface area contributed by atoms with E-state index in [4.69, 9.17) is 6.57 Å². The molecule has 3 rings (SSSR count). The molecular formula is C23H15F6NO. The smallest absolute Gasteiger partial charge is 0.428 e. The Morgan fingerprint density at radius 3 is 2.06 bits per heavy atom. The van der Waals surface area contributed by atoms with E-state index in [0.717, 1.165) is 24.3 Å². The molecule has 1 unspecified atom stereocenters. The Hall–Kier alpha value is -3.47. The summed E-state index contributed by atoms with van der Waals surface area (Å²) in [6.07, 6.45) is -9.00. The molecule has 0 fully saturated rings. The van der Waals surface area contributed by atoms with Crippen LogP contribution < -0.4 is 4.74 Å². The molecule has 3 aromatic rings. The maximum atomic E-state index is 14.3. The highest BCUT2D eigenvalue weighted by atomic mass is 19.3. The van der Waals surface area contributed by atoms with Gasteiger partial charge in [-0.05, 0) is 42.0 Å². The van der Waals surface area contributed by atoms with Gasteiger partial charge < -0.3 is 4.74 Å². The average Bonchev–Trinajstić information content (AvgIpc) is 2.72. The molecule has 1 atom stereocenters. The molecule has 160 valence electrons. The van der Waals surface area contributed by atoms with Crippen molar-refractivity contribution in [1.29, 1.82) is 0 Å². The second kappa shape index (κ2) is 8.72. The summed E-state index contributed by atoms with van der Waals surface area (Å²) in [7, 11) is 0. The lowest BCUT2D eigenvalue weighted by Crippen LogP contribution is -2.34. The zero-order valence-electron chi connectivity index (χ0n) is 15.8. The summed E-state index contributed by atoms with van der Waals surface area (Å²) in [5, 5.41) is 0. The molecule has 2 nitrogen and oxygen atoms in total. The molecule has 0 saturated heterocycles. The highest BCUT2D eigenvalue weighted by molar-refractivity contribution is 5.47. The van der Waals surface area contributed by atoms with Gasteiger partial charge in [0.1, 0.15) is 17.4 Å². The molecule has 0 saturated carbocycles. The summed E-state index contributed by atoms with van der Waals surface area (Å²) in [6.45, 7) is 7.87. The largest absolute Gasteiger partial charge is 0.461 e. The van der Waals surface area contributed by atoms with Crippen LogP contribution >= 0.6 is 0 Å². The van der Waals surface area contributed by atoms with Gasteiger partial charge in [0.25, 0.3) is 5.54 Å². The second-order valence-electron chi connectivity index (χ2n) is 6.78. The molecule has 0 radical (unpaired) electrons. The Labute approximate surface area is 174 Å². The molecule has 0 bridgehead atoms. The van der Waals surface area contributed by atoms with Crippen molar-refractivity contribution in [3.05, 3.63) is 113 Å². The topological polar surface area (TPSA) is 13.6 Å². The molecule has 31 heavy (non-hydrogen) atoms. The summed E-state index contributed by atoms with van der Waals surface area (Å²) in [5.74, 6) is -2.48. The molecular weight excluding hydrogens is 420 g/mol. The van der Waals surface area contributed by atoms with E-state index in [9.17, 15) is 26.3 Å². The molecule has 0 N–H and O–H groups in total. The Bertz CT molecular complexity index is 1080. The Morgan fingerprint density at radius 1 is 0.839 bits per heavy atom. The highest BCUT2D eigenvalue weighted by Crippen LogP contribution is 2.40. The molecule has 8 heteroatoms. The minimum absolute atomic E-state index is 0.0168. The number of hydrogen-bond donors (Lipinski definition) is 0. The van der Waals surface area contributed by atoms with E-state index in [-0.39, 0.29) is 17.5 Å². The van der Waals surface area contributed by atoms with E-state index in [2.05, 4.69) is 9.58 Å². The van der Waals surface area contributed by atoms with Crippen LogP contribution in [0.25, 0.3) is 4.85 Å². The van der Waals surface area contributed by atoms with Crippen LogP contribution in [0, 0.1) is 18.2 Å². The molecule has 0 aliphatic heterocycles. The van der Waals surface area contributed by atoms with Crippen LogP contribution in [0.4, 0.5) is 26.3 Å². The highest BCUT2D eigenvalue weighted by Gasteiger charge is 2.46. The van der Waals surface area contributed by atoms with Gasteiger partial charge in [-0.3, -0.25) is 4.85 Å². The lowest BCUT2D eigenvalue weighted by Gasteiger charge is -2.25. The normalized spacial score (nSPS) is 13.5. The molecule has 0 amide bonds. The number of nitrogens with zero attached hydrogens (tertiary/aromatic N) is 1. The maximum absolute atomic E-state index is 14.3. The van der Waals surface area contributed by atoms with Crippen LogP contribution in [0.2, 0.25) is 0 Å². The third kappa shape index (κ3) is 4.82. The summed E-state index contributed by atoms with van der Waals surface area (Å²) >= 11 is 0. The quantitative estimate of drug-likeness (QED) is 0.301. The third-order valence-corrected chi connectivity index (χ3v) is 4.67. The lowest BCUT2D eigenvalue weighted by atomic mass is 9.78. The number of alkyl halides is 4. The summed E-state index contributed by atoms with van der Waals surface area (Å²) in [6, 6.07) is 15.9. The Morgan fingerprint density at radius 2 is 1.48 bits per heavy atom. The first-order valence-corrected chi connectivity index (χ1v) is 9.01. The van der Waals surface area contributed by atoms with Gasteiger partial charge in [0.2, 0.25) is 0 Å². The van der Waals surface area contributed by atoms with Crippen molar-refractivity contribution in [2.45, 2.75) is 24.5 Å². The molecule has 0 spiro atoms. The van der Waals surface area contributed by atoms with Gasteiger partial charge in [0.05, 0.1) is 6.42 Å². The van der Waals surface area contributed by atoms with Crippen molar-refractivity contribution in [3.63, 3.8) is 0 Å². The van der Waals surface area contributed by atoms with Gasteiger partial charge in [-0.25, -0.2) is 15.4 Å². The minimum Gasteiger partial charge on any atom is -0.428 e. The predicted octanol–water partition coefficient (Wildman–Crippen LogP) is 6.61. The van der Waals surface area contributed by atoms with Crippen molar-refractivity contribution in [2.24, 2.45) is 0 Å². The number of hydrogen-bond acceptors (Lipinski definition) is 1. The van der Waals surface area contributed by atoms with E-state index >= 15 is 0 Å². The fraction of sp³-hybridized carbons (Fsp3) is 0.174. The van der Waals surface area contributed by atoms with Gasteiger partial charge in [0, 0.05) is 17.2 Å². The molecule has 3 aromatic carbocycles. The molecule has 0 aliphatic rings. The van der Waals surface area contributed by atoms with E-state index in [0.29, 0.717) is 11.6 Å². The lowest BCUT2D eigenvalue weighted by molar-refractivity contribution is -0.253. The summed E-state index contributed by atoms with van der Waals surface area (Å²) in [5.41, 5.74) is -0.828. The number of ether oxygens (including phenoxy) is 1. The van der Waals surface area contributed by atoms with Crippen LogP contribution in [0.1, 0.15) is 16.7 Å². The number of rotatable bonds is 7. The van der Waals surface area contributed by atoms with Gasteiger partial charge in [0.15, 0.2) is 0 Å². The Kier molecular flexibility index (Phi) is 6.25. The van der Waals surface area contributed by atoms with Crippen LogP contribution in [0.3, 0.4) is 0 Å². The van der Waals surface area contributed by atoms with Crippen molar-refractivity contribution >= 4 is 0 Å². The van der Waals surface area contributed by atoms with E-state index in [1.807, 2.05) is 0 Å². The predicted molar refractivity (Wildman–Crippen MR) is 102 cm³/mol. The fourth-order valence-electron chi connectivity index (χ4n) is 3.22. The van der Waals surface area contributed by atoms with Crippen LogP contribution in [-0.2, 0) is 12.0 Å².